The van der Waals surface area contributed by atoms with Gasteiger partial charge in [0.2, 0.25) is 22.7 Å². The molecule has 5 rings (SSSR count). The molecule has 1 saturated heterocycles. The summed E-state index contributed by atoms with van der Waals surface area (Å²) in [5.41, 5.74) is 2.61. The van der Waals surface area contributed by atoms with Gasteiger partial charge in [0.15, 0.2) is 11.5 Å². The second kappa shape index (κ2) is 11.7. The predicted molar refractivity (Wildman–Crippen MR) is 150 cm³/mol. The van der Waals surface area contributed by atoms with Gasteiger partial charge in [-0.25, -0.2) is 8.42 Å². The van der Waals surface area contributed by atoms with Crippen LogP contribution < -0.4 is 9.47 Å². The Kier molecular flexibility index (Phi) is 8.35. The zero-order valence-corrected chi connectivity index (χ0v) is 23.8. The van der Waals surface area contributed by atoms with E-state index in [1.54, 1.807) is 47.4 Å². The van der Waals surface area contributed by atoms with Crippen LogP contribution in [0.25, 0.3) is 0 Å². The molecule has 0 aliphatic carbocycles. The van der Waals surface area contributed by atoms with Crippen molar-refractivity contribution in [3.8, 4) is 11.5 Å². The summed E-state index contributed by atoms with van der Waals surface area (Å²) >= 11 is 12.4. The molecule has 0 aromatic heterocycles. The van der Waals surface area contributed by atoms with Gasteiger partial charge in [0, 0.05) is 49.3 Å². The Balaban J connectivity index is 1.27. The number of piperazine rings is 1. The lowest BCUT2D eigenvalue weighted by atomic mass is 10.1. The van der Waals surface area contributed by atoms with Gasteiger partial charge in [0.25, 0.3) is 0 Å². The molecule has 2 aliphatic rings. The summed E-state index contributed by atoms with van der Waals surface area (Å²) in [6.45, 7) is 4.85. The maximum Gasteiger partial charge on any atom is 0.243 e. The Labute approximate surface area is 238 Å². The van der Waals surface area contributed by atoms with Crippen molar-refractivity contribution in [3.63, 3.8) is 0 Å². The Morgan fingerprint density at radius 2 is 1.64 bits per heavy atom. The monoisotopic (exact) mass is 589 g/mol. The van der Waals surface area contributed by atoms with Crippen molar-refractivity contribution < 1.29 is 22.7 Å². The Bertz CT molecular complexity index is 1460. The van der Waals surface area contributed by atoms with Gasteiger partial charge in [0.1, 0.15) is 0 Å². The topological polar surface area (TPSA) is 79.4 Å². The van der Waals surface area contributed by atoms with Gasteiger partial charge in [-0.1, -0.05) is 53.0 Å². The average Bonchev–Trinajstić information content (AvgIpc) is 3.38. The largest absolute Gasteiger partial charge is 0.454 e. The van der Waals surface area contributed by atoms with Gasteiger partial charge in [-0.3, -0.25) is 9.69 Å². The minimum Gasteiger partial charge on any atom is -0.454 e. The maximum atomic E-state index is 13.6. The molecular formula is C28H29Cl2N3O5S. The van der Waals surface area contributed by atoms with Crippen LogP contribution in [0.4, 0.5) is 0 Å². The first-order chi connectivity index (χ1) is 18.7. The molecule has 8 nitrogen and oxygen atoms in total. The smallest absolute Gasteiger partial charge is 0.243 e. The number of nitrogens with zero attached hydrogens (tertiary/aromatic N) is 3. The fourth-order valence-electron chi connectivity index (χ4n) is 4.63. The van der Waals surface area contributed by atoms with E-state index >= 15 is 0 Å². The van der Waals surface area contributed by atoms with Crippen molar-refractivity contribution in [2.24, 2.45) is 0 Å². The Hall–Kier alpha value is -2.82. The highest BCUT2D eigenvalue weighted by Gasteiger charge is 2.30. The minimum atomic E-state index is -3.97. The van der Waals surface area contributed by atoms with E-state index in [1.807, 2.05) is 25.1 Å². The summed E-state index contributed by atoms with van der Waals surface area (Å²) in [4.78, 5) is 17.5. The molecular weight excluding hydrogens is 561 g/mol. The van der Waals surface area contributed by atoms with Gasteiger partial charge in [0.05, 0.1) is 11.4 Å². The summed E-state index contributed by atoms with van der Waals surface area (Å²) in [5.74, 6) is 1.25. The van der Waals surface area contributed by atoms with Crippen molar-refractivity contribution >= 4 is 39.1 Å². The lowest BCUT2D eigenvalue weighted by molar-refractivity contribution is -0.133. The van der Waals surface area contributed by atoms with E-state index in [9.17, 15) is 13.2 Å². The normalized spacial score (nSPS) is 15.6. The van der Waals surface area contributed by atoms with Crippen LogP contribution in [0, 0.1) is 6.92 Å². The van der Waals surface area contributed by atoms with E-state index in [4.69, 9.17) is 32.7 Å². The van der Waals surface area contributed by atoms with Crippen LogP contribution in [0.15, 0.2) is 65.6 Å². The zero-order chi connectivity index (χ0) is 27.6. The van der Waals surface area contributed by atoms with E-state index in [1.165, 1.54) is 4.31 Å². The summed E-state index contributed by atoms with van der Waals surface area (Å²) in [6.07, 6.45) is 0. The molecule has 1 fully saturated rings. The molecule has 0 saturated carbocycles. The van der Waals surface area contributed by atoms with E-state index in [0.29, 0.717) is 41.8 Å². The molecule has 11 heteroatoms. The number of carbonyl (C=O) groups is 1. The summed E-state index contributed by atoms with van der Waals surface area (Å²) in [5, 5.41) is 0.794. The van der Waals surface area contributed by atoms with Crippen molar-refractivity contribution in [1.29, 1.82) is 0 Å². The summed E-state index contributed by atoms with van der Waals surface area (Å²) < 4.78 is 39.3. The number of halogens is 2. The second-order valence-electron chi connectivity index (χ2n) is 9.67. The van der Waals surface area contributed by atoms with Crippen LogP contribution in [0.1, 0.15) is 16.7 Å². The summed E-state index contributed by atoms with van der Waals surface area (Å²) in [6, 6.07) is 17.4. The number of fused-ring (bicyclic) bond motifs is 1. The molecule has 3 aromatic rings. The van der Waals surface area contributed by atoms with Crippen molar-refractivity contribution in [3.05, 3.63) is 87.4 Å². The fourth-order valence-corrected chi connectivity index (χ4v) is 6.46. The van der Waals surface area contributed by atoms with Crippen molar-refractivity contribution in [1.82, 2.24) is 14.1 Å². The number of benzene rings is 3. The summed E-state index contributed by atoms with van der Waals surface area (Å²) in [7, 11) is -3.97. The molecule has 0 atom stereocenters. The highest BCUT2D eigenvalue weighted by molar-refractivity contribution is 7.89. The number of hydrogen-bond acceptors (Lipinski definition) is 6. The van der Waals surface area contributed by atoms with E-state index in [-0.39, 0.29) is 30.7 Å². The first kappa shape index (κ1) is 27.7. The van der Waals surface area contributed by atoms with Crippen LogP contribution >= 0.6 is 23.2 Å². The van der Waals surface area contributed by atoms with Gasteiger partial charge in [-0.2, -0.15) is 4.31 Å². The number of amides is 1. The molecule has 0 radical (unpaired) electrons. The van der Waals surface area contributed by atoms with Crippen LogP contribution in [0.5, 0.6) is 11.5 Å². The lowest BCUT2D eigenvalue weighted by Crippen LogP contribution is -2.51. The standard InChI is InChI=1S/C28H29Cl2N3O5S/c1-20-2-7-24(8-3-20)39(35,36)33(17-22-5-6-23(29)15-25(22)30)18-28(34)32-12-10-31(11-13-32)16-21-4-9-26-27(14-21)38-19-37-26/h2-9,14-15H,10-13,16-19H2,1H3. The van der Waals surface area contributed by atoms with Crippen LogP contribution in [0.2, 0.25) is 10.0 Å². The van der Waals surface area contributed by atoms with Crippen LogP contribution in [-0.2, 0) is 27.9 Å². The number of carbonyl (C=O) groups excluding carboxylic acids is 1. The Morgan fingerprint density at radius 1 is 0.923 bits per heavy atom. The first-order valence-electron chi connectivity index (χ1n) is 12.6. The second-order valence-corrected chi connectivity index (χ2v) is 12.4. The van der Waals surface area contributed by atoms with E-state index in [0.717, 1.165) is 29.2 Å². The third-order valence-electron chi connectivity index (χ3n) is 6.90. The van der Waals surface area contributed by atoms with Gasteiger partial charge in [-0.05, 0) is 54.4 Å². The molecule has 2 aliphatic heterocycles. The number of rotatable bonds is 8. The third kappa shape index (κ3) is 6.50. The minimum absolute atomic E-state index is 0.0535. The molecule has 0 bridgehead atoms. The number of hydrogen-bond donors (Lipinski definition) is 0. The lowest BCUT2D eigenvalue weighted by Gasteiger charge is -2.35. The van der Waals surface area contributed by atoms with E-state index in [2.05, 4.69) is 4.90 Å². The van der Waals surface area contributed by atoms with Crippen molar-refractivity contribution in [2.75, 3.05) is 39.5 Å². The quantitative estimate of drug-likeness (QED) is 0.383. The molecule has 2 heterocycles. The third-order valence-corrected chi connectivity index (χ3v) is 9.29. The van der Waals surface area contributed by atoms with Gasteiger partial charge < -0.3 is 14.4 Å². The first-order valence-corrected chi connectivity index (χ1v) is 14.8. The fraction of sp³-hybridized carbons (Fsp3) is 0.321. The van der Waals surface area contributed by atoms with Crippen LogP contribution in [0.3, 0.4) is 0 Å². The predicted octanol–water partition coefficient (Wildman–Crippen LogP) is 4.57. The maximum absolute atomic E-state index is 13.6. The van der Waals surface area contributed by atoms with Crippen molar-refractivity contribution in [2.45, 2.75) is 24.9 Å². The molecule has 3 aromatic carbocycles. The number of aryl methyl sites for hydroxylation is 1. The highest BCUT2D eigenvalue weighted by atomic mass is 35.5. The zero-order valence-electron chi connectivity index (χ0n) is 21.5. The molecule has 0 spiro atoms. The SMILES string of the molecule is Cc1ccc(S(=O)(=O)N(CC(=O)N2CCN(Cc3ccc4c(c3)OCO4)CC2)Cc2ccc(Cl)cc2Cl)cc1. The molecule has 0 unspecified atom stereocenters. The Morgan fingerprint density at radius 3 is 2.36 bits per heavy atom. The number of ether oxygens (including phenoxy) is 2. The molecule has 206 valence electrons. The number of sulfonamides is 1. The van der Waals surface area contributed by atoms with Gasteiger partial charge in [-0.15, -0.1) is 0 Å². The molecule has 1 amide bonds. The molecule has 0 N–H and O–H groups in total. The highest BCUT2D eigenvalue weighted by Crippen LogP contribution is 2.33. The average molecular weight is 591 g/mol. The molecule has 39 heavy (non-hydrogen) atoms. The van der Waals surface area contributed by atoms with E-state index < -0.39 is 10.0 Å². The van der Waals surface area contributed by atoms with Crippen LogP contribution in [-0.4, -0.2) is 67.9 Å². The van der Waals surface area contributed by atoms with Gasteiger partial charge >= 0.3 is 0 Å².